The molecule has 2 aromatic carbocycles. The summed E-state index contributed by atoms with van der Waals surface area (Å²) in [5, 5.41) is 5.43. The van der Waals surface area contributed by atoms with E-state index < -0.39 is 0 Å². The van der Waals surface area contributed by atoms with Crippen LogP contribution < -0.4 is 15.4 Å². The quantitative estimate of drug-likeness (QED) is 0.826. The van der Waals surface area contributed by atoms with Gasteiger partial charge >= 0.3 is 0 Å². The summed E-state index contributed by atoms with van der Waals surface area (Å²) in [5.41, 5.74) is 3.15. The van der Waals surface area contributed by atoms with Crippen LogP contribution in [0.1, 0.15) is 18.1 Å². The smallest absolute Gasteiger partial charge is 0.248 e. The van der Waals surface area contributed by atoms with E-state index in [1.807, 2.05) is 25.1 Å². The van der Waals surface area contributed by atoms with Crippen LogP contribution in [0.25, 0.3) is 6.08 Å². The van der Waals surface area contributed by atoms with Crippen LogP contribution in [0.15, 0.2) is 48.5 Å². The summed E-state index contributed by atoms with van der Waals surface area (Å²) in [6.45, 7) is 3.41. The van der Waals surface area contributed by atoms with E-state index >= 15 is 0 Å². The summed E-state index contributed by atoms with van der Waals surface area (Å²) in [6.07, 6.45) is 3.15. The molecule has 0 aliphatic heterocycles. The molecule has 0 radical (unpaired) electrons. The van der Waals surface area contributed by atoms with Crippen LogP contribution in [0.4, 0.5) is 11.4 Å². The molecule has 24 heavy (non-hydrogen) atoms. The van der Waals surface area contributed by atoms with Gasteiger partial charge in [-0.2, -0.15) is 0 Å². The zero-order valence-corrected chi connectivity index (χ0v) is 13.9. The second-order valence-corrected chi connectivity index (χ2v) is 5.33. The molecular formula is C19H20N2O3. The fourth-order valence-corrected chi connectivity index (χ4v) is 2.21. The Morgan fingerprint density at radius 3 is 2.42 bits per heavy atom. The van der Waals surface area contributed by atoms with Crippen molar-refractivity contribution in [2.75, 3.05) is 17.7 Å². The molecule has 0 spiro atoms. The molecule has 0 heterocycles. The molecular weight excluding hydrogens is 304 g/mol. The molecule has 0 saturated carbocycles. The molecule has 0 unspecified atom stereocenters. The average molecular weight is 324 g/mol. The first kappa shape index (κ1) is 17.3. The number of carbonyl (C=O) groups excluding carboxylic acids is 2. The Kier molecular flexibility index (Phi) is 5.73. The number of nitrogens with one attached hydrogen (secondary N) is 2. The first-order valence-electron chi connectivity index (χ1n) is 7.49. The van der Waals surface area contributed by atoms with Gasteiger partial charge in [0, 0.05) is 29.9 Å². The van der Waals surface area contributed by atoms with Crippen molar-refractivity contribution in [1.29, 1.82) is 0 Å². The SMILES string of the molecule is COc1ccc(C)cc1/C=C/C(=O)Nc1cccc(NC(C)=O)c1. The fourth-order valence-electron chi connectivity index (χ4n) is 2.21. The third-order valence-corrected chi connectivity index (χ3v) is 3.25. The standard InChI is InChI=1S/C19H20N2O3/c1-13-7-9-18(24-3)15(11-13)8-10-19(23)21-17-6-4-5-16(12-17)20-14(2)22/h4-12H,1-3H3,(H,20,22)(H,21,23)/b10-8+. The molecule has 0 aliphatic rings. The highest BCUT2D eigenvalue weighted by molar-refractivity contribution is 6.02. The molecule has 5 heteroatoms. The van der Waals surface area contributed by atoms with Gasteiger partial charge in [0.25, 0.3) is 0 Å². The maximum Gasteiger partial charge on any atom is 0.248 e. The summed E-state index contributed by atoms with van der Waals surface area (Å²) in [4.78, 5) is 23.2. The maximum absolute atomic E-state index is 12.1. The number of aryl methyl sites for hydroxylation is 1. The lowest BCUT2D eigenvalue weighted by molar-refractivity contribution is -0.114. The number of hydrogen-bond donors (Lipinski definition) is 2. The van der Waals surface area contributed by atoms with E-state index in [1.54, 1.807) is 37.5 Å². The number of benzene rings is 2. The lowest BCUT2D eigenvalue weighted by Crippen LogP contribution is -2.09. The maximum atomic E-state index is 12.1. The average Bonchev–Trinajstić information content (AvgIpc) is 2.53. The van der Waals surface area contributed by atoms with Crippen molar-refractivity contribution in [3.8, 4) is 5.75 Å². The van der Waals surface area contributed by atoms with Crippen molar-refractivity contribution in [2.45, 2.75) is 13.8 Å². The van der Waals surface area contributed by atoms with Crippen LogP contribution in [0.5, 0.6) is 5.75 Å². The lowest BCUT2D eigenvalue weighted by atomic mass is 10.1. The minimum Gasteiger partial charge on any atom is -0.496 e. The Labute approximate surface area is 141 Å². The monoisotopic (exact) mass is 324 g/mol. The van der Waals surface area contributed by atoms with Crippen molar-refractivity contribution < 1.29 is 14.3 Å². The largest absolute Gasteiger partial charge is 0.496 e. The van der Waals surface area contributed by atoms with E-state index in [4.69, 9.17) is 4.74 Å². The zero-order chi connectivity index (χ0) is 17.5. The normalized spacial score (nSPS) is 10.5. The molecule has 124 valence electrons. The van der Waals surface area contributed by atoms with Crippen LogP contribution in [-0.2, 0) is 9.59 Å². The van der Waals surface area contributed by atoms with Gasteiger partial charge in [-0.15, -0.1) is 0 Å². The van der Waals surface area contributed by atoms with Crippen LogP contribution in [0.3, 0.4) is 0 Å². The van der Waals surface area contributed by atoms with Crippen LogP contribution in [0, 0.1) is 6.92 Å². The Morgan fingerprint density at radius 1 is 1.04 bits per heavy atom. The second-order valence-electron chi connectivity index (χ2n) is 5.33. The highest BCUT2D eigenvalue weighted by atomic mass is 16.5. The highest BCUT2D eigenvalue weighted by Gasteiger charge is 2.03. The summed E-state index contributed by atoms with van der Waals surface area (Å²) in [6, 6.07) is 12.7. The third-order valence-electron chi connectivity index (χ3n) is 3.25. The first-order chi connectivity index (χ1) is 11.5. The third kappa shape index (κ3) is 4.98. The second kappa shape index (κ2) is 7.97. The zero-order valence-electron chi connectivity index (χ0n) is 13.9. The minimum atomic E-state index is -0.265. The molecule has 2 N–H and O–H groups in total. The molecule has 0 fully saturated rings. The van der Waals surface area contributed by atoms with Crippen molar-refractivity contribution >= 4 is 29.3 Å². The number of anilines is 2. The van der Waals surface area contributed by atoms with E-state index in [9.17, 15) is 9.59 Å². The number of ether oxygens (including phenoxy) is 1. The van der Waals surface area contributed by atoms with Crippen molar-refractivity contribution in [3.63, 3.8) is 0 Å². The van der Waals surface area contributed by atoms with Gasteiger partial charge in [-0.3, -0.25) is 9.59 Å². The van der Waals surface area contributed by atoms with Crippen molar-refractivity contribution in [3.05, 3.63) is 59.7 Å². The Balaban J connectivity index is 2.08. The van der Waals surface area contributed by atoms with E-state index in [1.165, 1.54) is 13.0 Å². The van der Waals surface area contributed by atoms with Crippen LogP contribution in [0.2, 0.25) is 0 Å². The predicted molar refractivity (Wildman–Crippen MR) is 96.1 cm³/mol. The van der Waals surface area contributed by atoms with E-state index in [0.29, 0.717) is 17.1 Å². The number of rotatable bonds is 5. The number of carbonyl (C=O) groups is 2. The molecule has 0 saturated heterocycles. The van der Waals surface area contributed by atoms with Gasteiger partial charge in [-0.25, -0.2) is 0 Å². The fraction of sp³-hybridized carbons (Fsp3) is 0.158. The molecule has 0 bridgehead atoms. The minimum absolute atomic E-state index is 0.162. The molecule has 2 rings (SSSR count). The van der Waals surface area contributed by atoms with Crippen molar-refractivity contribution in [1.82, 2.24) is 0 Å². The molecule has 5 nitrogen and oxygen atoms in total. The number of methoxy groups -OCH3 is 1. The Hall–Kier alpha value is -3.08. The van der Waals surface area contributed by atoms with Gasteiger partial charge in [0.15, 0.2) is 0 Å². The van der Waals surface area contributed by atoms with Gasteiger partial charge in [0.1, 0.15) is 5.75 Å². The van der Waals surface area contributed by atoms with Crippen LogP contribution in [-0.4, -0.2) is 18.9 Å². The van der Waals surface area contributed by atoms with Gasteiger partial charge in [-0.05, 0) is 43.3 Å². The summed E-state index contributed by atoms with van der Waals surface area (Å²) >= 11 is 0. The molecule has 0 atom stereocenters. The predicted octanol–water partition coefficient (Wildman–Crippen LogP) is 3.61. The van der Waals surface area contributed by atoms with E-state index in [-0.39, 0.29) is 11.8 Å². The van der Waals surface area contributed by atoms with E-state index in [0.717, 1.165) is 11.1 Å². The molecule has 0 aliphatic carbocycles. The van der Waals surface area contributed by atoms with Crippen molar-refractivity contribution in [2.24, 2.45) is 0 Å². The summed E-state index contributed by atoms with van der Waals surface area (Å²) < 4.78 is 5.28. The Morgan fingerprint density at radius 2 is 1.75 bits per heavy atom. The Bertz CT molecular complexity index is 782. The van der Waals surface area contributed by atoms with Gasteiger partial charge in [-0.1, -0.05) is 17.7 Å². The van der Waals surface area contributed by atoms with Gasteiger partial charge in [0.2, 0.25) is 11.8 Å². The number of hydrogen-bond acceptors (Lipinski definition) is 3. The van der Waals surface area contributed by atoms with Gasteiger partial charge < -0.3 is 15.4 Å². The summed E-state index contributed by atoms with van der Waals surface area (Å²) in [5.74, 6) is 0.278. The number of amides is 2. The molecule has 0 aromatic heterocycles. The van der Waals surface area contributed by atoms with E-state index in [2.05, 4.69) is 10.6 Å². The topological polar surface area (TPSA) is 67.4 Å². The molecule has 2 aromatic rings. The lowest BCUT2D eigenvalue weighted by Gasteiger charge is -2.07. The highest BCUT2D eigenvalue weighted by Crippen LogP contribution is 2.21. The first-order valence-corrected chi connectivity index (χ1v) is 7.49. The van der Waals surface area contributed by atoms with Gasteiger partial charge in [0.05, 0.1) is 7.11 Å². The summed E-state index contributed by atoms with van der Waals surface area (Å²) in [7, 11) is 1.59. The molecule has 2 amide bonds. The van der Waals surface area contributed by atoms with Crippen LogP contribution >= 0.6 is 0 Å².